The van der Waals surface area contributed by atoms with Gasteiger partial charge < -0.3 is 0 Å². The maximum atomic E-state index is 13.2. The summed E-state index contributed by atoms with van der Waals surface area (Å²) in [4.78, 5) is 29.2. The first-order valence-corrected chi connectivity index (χ1v) is 12.4. The fourth-order valence-electron chi connectivity index (χ4n) is 3.67. The van der Waals surface area contributed by atoms with Crippen molar-refractivity contribution < 1.29 is 19.1 Å². The molecule has 0 spiro atoms. The summed E-state index contributed by atoms with van der Waals surface area (Å²) in [7, 11) is 0. The normalized spacial score (nSPS) is 16.7. The predicted octanol–water partition coefficient (Wildman–Crippen LogP) is 2.94. The molecule has 1 aliphatic heterocycles. The molecule has 0 bridgehead atoms. The van der Waals surface area contributed by atoms with Gasteiger partial charge in [-0.1, -0.05) is 0 Å². The molecule has 1 aromatic carbocycles. The van der Waals surface area contributed by atoms with Gasteiger partial charge in [0.15, 0.2) is 0 Å². The third-order valence-electron chi connectivity index (χ3n) is 4.94. The summed E-state index contributed by atoms with van der Waals surface area (Å²) in [6, 6.07) is 7.88. The van der Waals surface area contributed by atoms with Crippen molar-refractivity contribution in [3.8, 4) is 0 Å². The number of nitrogens with two attached hydrogens (primary N) is 1. The molecule has 6 nitrogen and oxygen atoms in total. The summed E-state index contributed by atoms with van der Waals surface area (Å²) in [5, 5.41) is 0. The summed E-state index contributed by atoms with van der Waals surface area (Å²) in [5.74, 6) is -1.45. The minimum absolute atomic E-state index is 0.242. The van der Waals surface area contributed by atoms with Crippen LogP contribution in [-0.2, 0) is 19.1 Å². The molecule has 163 valence electrons. The van der Waals surface area contributed by atoms with Crippen molar-refractivity contribution in [1.29, 1.82) is 0 Å². The summed E-state index contributed by atoms with van der Waals surface area (Å²) >= 11 is 4.60. The topological polar surface area (TPSA) is 81.9 Å². The van der Waals surface area contributed by atoms with E-state index in [2.05, 4.69) is 16.0 Å². The van der Waals surface area contributed by atoms with Crippen LogP contribution in [0.2, 0.25) is 0 Å². The van der Waals surface area contributed by atoms with Crippen LogP contribution in [0.1, 0.15) is 38.7 Å². The number of rotatable bonds is 9. The van der Waals surface area contributed by atoms with Gasteiger partial charge in [0.25, 0.3) is 0 Å². The molecule has 2 N–H and O–H groups in total. The van der Waals surface area contributed by atoms with E-state index < -0.39 is 17.9 Å². The summed E-state index contributed by atoms with van der Waals surface area (Å²) < 4.78 is 10.8. The standard InChI is InChI=1S/C22H29N2O4SSe/c1-5-27-21(25)18-14(3)24(13-30)17(10-11-23)20(22(26)28-6-2)19(18)15-8-7-9-16(12-15)29-4/h7-9,12,19H,5-6,10-11,13,23H2,1-4H3. The second-order valence-electron chi connectivity index (χ2n) is 6.61. The van der Waals surface area contributed by atoms with E-state index in [-0.39, 0.29) is 13.2 Å². The van der Waals surface area contributed by atoms with Crippen LogP contribution in [0.4, 0.5) is 0 Å². The molecule has 8 heteroatoms. The maximum absolute atomic E-state index is 13.2. The number of ether oxygens (including phenoxy) is 2. The first-order valence-electron chi connectivity index (χ1n) is 9.92. The Kier molecular flexibility index (Phi) is 9.49. The second kappa shape index (κ2) is 11.6. The molecule has 1 aromatic rings. The number of carbonyl (C=O) groups is 2. The van der Waals surface area contributed by atoms with Crippen LogP contribution in [0.15, 0.2) is 51.7 Å². The van der Waals surface area contributed by atoms with E-state index in [4.69, 9.17) is 15.2 Å². The zero-order valence-corrected chi connectivity index (χ0v) is 20.4. The van der Waals surface area contributed by atoms with Crippen LogP contribution in [-0.4, -0.2) is 64.3 Å². The molecular formula is C22H29N2O4SSe. The number of esters is 2. The Morgan fingerprint density at radius 2 is 1.80 bits per heavy atom. The van der Waals surface area contributed by atoms with Crippen LogP contribution in [0.5, 0.6) is 0 Å². The number of allylic oxidation sites excluding steroid dienone is 1. The summed E-state index contributed by atoms with van der Waals surface area (Å²) in [5.41, 5.74) is 9.65. The Hall–Kier alpha value is -1.73. The van der Waals surface area contributed by atoms with Gasteiger partial charge in [-0.2, -0.15) is 0 Å². The monoisotopic (exact) mass is 497 g/mol. The van der Waals surface area contributed by atoms with Gasteiger partial charge in [0.05, 0.1) is 0 Å². The average molecular weight is 497 g/mol. The van der Waals surface area contributed by atoms with E-state index in [0.29, 0.717) is 29.6 Å². The van der Waals surface area contributed by atoms with E-state index >= 15 is 0 Å². The molecule has 0 aromatic heterocycles. The number of carbonyl (C=O) groups excluding carboxylic acids is 2. The van der Waals surface area contributed by atoms with E-state index in [1.807, 2.05) is 42.3 Å². The Morgan fingerprint density at radius 1 is 1.17 bits per heavy atom. The Balaban J connectivity index is 2.83. The third-order valence-corrected chi connectivity index (χ3v) is 6.20. The van der Waals surface area contributed by atoms with Crippen LogP contribution >= 0.6 is 11.8 Å². The fourth-order valence-corrected chi connectivity index (χ4v) is 4.87. The van der Waals surface area contributed by atoms with Gasteiger partial charge in [-0.3, -0.25) is 0 Å². The van der Waals surface area contributed by atoms with Crippen molar-refractivity contribution >= 4 is 39.7 Å². The SMILES string of the molecule is CCOC(=O)C1=C(C)N(C[Se])C(CCN)=C(C(=O)OCC)C1c1cccc(SC)c1. The molecular weight excluding hydrogens is 467 g/mol. The third kappa shape index (κ3) is 5.11. The van der Waals surface area contributed by atoms with Crippen molar-refractivity contribution in [3.63, 3.8) is 0 Å². The van der Waals surface area contributed by atoms with Crippen LogP contribution in [0.25, 0.3) is 0 Å². The zero-order valence-electron chi connectivity index (χ0n) is 17.9. The molecule has 0 fully saturated rings. The Labute approximate surface area is 191 Å². The first-order chi connectivity index (χ1) is 14.4. The summed E-state index contributed by atoms with van der Waals surface area (Å²) in [6.07, 6.45) is 2.48. The van der Waals surface area contributed by atoms with Crippen LogP contribution in [0.3, 0.4) is 0 Å². The van der Waals surface area contributed by atoms with Crippen molar-refractivity contribution in [3.05, 3.63) is 52.4 Å². The van der Waals surface area contributed by atoms with E-state index in [1.165, 1.54) is 0 Å². The quantitative estimate of drug-likeness (QED) is 0.320. The molecule has 0 amide bonds. The molecule has 0 saturated carbocycles. The zero-order chi connectivity index (χ0) is 22.3. The molecule has 0 saturated heterocycles. The number of benzene rings is 1. The molecule has 30 heavy (non-hydrogen) atoms. The molecule has 1 aliphatic rings. The summed E-state index contributed by atoms with van der Waals surface area (Å²) in [6.45, 7) is 6.28. The fraction of sp³-hybridized carbons (Fsp3) is 0.455. The van der Waals surface area contributed by atoms with E-state index in [1.54, 1.807) is 25.6 Å². The van der Waals surface area contributed by atoms with Crippen molar-refractivity contribution in [2.45, 2.75) is 38.0 Å². The van der Waals surface area contributed by atoms with Gasteiger partial charge in [0, 0.05) is 0 Å². The van der Waals surface area contributed by atoms with E-state index in [9.17, 15) is 9.59 Å². The molecule has 2 rings (SSSR count). The number of hydrogen-bond donors (Lipinski definition) is 1. The minimum atomic E-state index is -0.584. The van der Waals surface area contributed by atoms with Crippen LogP contribution < -0.4 is 5.73 Å². The van der Waals surface area contributed by atoms with Gasteiger partial charge >= 0.3 is 191 Å². The van der Waals surface area contributed by atoms with E-state index in [0.717, 1.165) is 21.9 Å². The van der Waals surface area contributed by atoms with Crippen molar-refractivity contribution in [2.75, 3.05) is 31.5 Å². The Bertz CT molecular complexity index is 853. The average Bonchev–Trinajstić information content (AvgIpc) is 2.74. The molecule has 0 aliphatic carbocycles. The van der Waals surface area contributed by atoms with Gasteiger partial charge in [-0.05, 0) is 0 Å². The number of nitrogens with zero attached hydrogens (tertiary/aromatic N) is 1. The van der Waals surface area contributed by atoms with Gasteiger partial charge in [-0.25, -0.2) is 0 Å². The van der Waals surface area contributed by atoms with Crippen LogP contribution in [0, 0.1) is 0 Å². The first kappa shape index (κ1) is 24.5. The second-order valence-corrected chi connectivity index (χ2v) is 8.03. The predicted molar refractivity (Wildman–Crippen MR) is 120 cm³/mol. The molecule has 1 unspecified atom stereocenters. The molecule has 1 atom stereocenters. The number of thioether (sulfide) groups is 1. The van der Waals surface area contributed by atoms with Gasteiger partial charge in [-0.15, -0.1) is 0 Å². The van der Waals surface area contributed by atoms with Crippen molar-refractivity contribution in [1.82, 2.24) is 4.90 Å². The molecule has 1 heterocycles. The Morgan fingerprint density at radius 3 is 2.33 bits per heavy atom. The van der Waals surface area contributed by atoms with Gasteiger partial charge in [0.1, 0.15) is 0 Å². The number of hydrogen-bond acceptors (Lipinski definition) is 7. The molecule has 1 radical (unpaired) electrons. The van der Waals surface area contributed by atoms with Gasteiger partial charge in [0.2, 0.25) is 0 Å². The van der Waals surface area contributed by atoms with Crippen molar-refractivity contribution in [2.24, 2.45) is 5.73 Å².